The Morgan fingerprint density at radius 2 is 2.29 bits per heavy atom. The van der Waals surface area contributed by atoms with Crippen LogP contribution in [0.4, 0.5) is 0 Å². The summed E-state index contributed by atoms with van der Waals surface area (Å²) in [6.07, 6.45) is 1.98. The quantitative estimate of drug-likeness (QED) is 0.707. The van der Waals surface area contributed by atoms with E-state index in [0.29, 0.717) is 5.88 Å². The maximum Gasteiger partial charge on any atom is 0.0839 e. The second-order valence-electron chi connectivity index (χ2n) is 3.43. The van der Waals surface area contributed by atoms with E-state index in [-0.39, 0.29) is 6.10 Å². The van der Waals surface area contributed by atoms with Gasteiger partial charge in [-0.1, -0.05) is 17.7 Å². The average molecular weight is 231 g/mol. The predicted molar refractivity (Wildman–Crippen MR) is 59.2 cm³/mol. The van der Waals surface area contributed by atoms with Gasteiger partial charge < -0.3 is 4.74 Å². The highest BCUT2D eigenvalue weighted by atomic mass is 35.5. The first-order chi connectivity index (χ1) is 6.81. The summed E-state index contributed by atoms with van der Waals surface area (Å²) in [5.74, 6) is 0.632. The van der Waals surface area contributed by atoms with Crippen LogP contribution in [0.15, 0.2) is 18.2 Å². The van der Waals surface area contributed by atoms with Crippen molar-refractivity contribution in [2.24, 2.45) is 0 Å². The molecule has 14 heavy (non-hydrogen) atoms. The van der Waals surface area contributed by atoms with E-state index in [1.54, 1.807) is 0 Å². The van der Waals surface area contributed by atoms with E-state index in [1.165, 1.54) is 11.1 Å². The number of rotatable bonds is 2. The molecule has 0 aromatic heterocycles. The first-order valence-electron chi connectivity index (χ1n) is 4.77. The fraction of sp³-hybridized carbons (Fsp3) is 0.455. The van der Waals surface area contributed by atoms with E-state index in [4.69, 9.17) is 27.9 Å². The highest BCUT2D eigenvalue weighted by molar-refractivity contribution is 6.30. The van der Waals surface area contributed by atoms with Crippen molar-refractivity contribution in [2.45, 2.75) is 18.9 Å². The molecule has 1 unspecified atom stereocenters. The van der Waals surface area contributed by atoms with Crippen LogP contribution in [-0.2, 0) is 11.2 Å². The number of halogens is 2. The third-order valence-electron chi connectivity index (χ3n) is 2.51. The van der Waals surface area contributed by atoms with Gasteiger partial charge in [0.15, 0.2) is 0 Å². The molecule has 3 heteroatoms. The van der Waals surface area contributed by atoms with Gasteiger partial charge in [0.25, 0.3) is 0 Å². The van der Waals surface area contributed by atoms with Crippen LogP contribution in [0, 0.1) is 0 Å². The summed E-state index contributed by atoms with van der Waals surface area (Å²) in [4.78, 5) is 0. The highest BCUT2D eigenvalue weighted by Gasteiger charge is 2.19. The lowest BCUT2D eigenvalue weighted by Gasteiger charge is -2.25. The molecule has 0 bridgehead atoms. The van der Waals surface area contributed by atoms with Crippen molar-refractivity contribution in [3.8, 4) is 0 Å². The topological polar surface area (TPSA) is 9.23 Å². The molecule has 1 heterocycles. The van der Waals surface area contributed by atoms with Crippen molar-refractivity contribution in [1.29, 1.82) is 0 Å². The van der Waals surface area contributed by atoms with Crippen LogP contribution in [0.5, 0.6) is 0 Å². The Morgan fingerprint density at radius 3 is 3.07 bits per heavy atom. The second-order valence-corrected chi connectivity index (χ2v) is 4.24. The zero-order valence-electron chi connectivity index (χ0n) is 7.80. The van der Waals surface area contributed by atoms with Gasteiger partial charge in [0.2, 0.25) is 0 Å². The smallest absolute Gasteiger partial charge is 0.0839 e. The molecule has 0 spiro atoms. The van der Waals surface area contributed by atoms with Crippen molar-refractivity contribution in [1.82, 2.24) is 0 Å². The van der Waals surface area contributed by atoms with E-state index in [9.17, 15) is 0 Å². The molecule has 1 aromatic rings. The molecule has 1 aliphatic heterocycles. The summed E-state index contributed by atoms with van der Waals surface area (Å²) >= 11 is 11.7. The van der Waals surface area contributed by atoms with E-state index in [1.807, 2.05) is 18.2 Å². The molecule has 0 saturated heterocycles. The zero-order valence-corrected chi connectivity index (χ0v) is 9.31. The molecule has 0 radical (unpaired) electrons. The van der Waals surface area contributed by atoms with E-state index >= 15 is 0 Å². The molecule has 0 fully saturated rings. The van der Waals surface area contributed by atoms with Gasteiger partial charge in [-0.05, 0) is 36.1 Å². The molecule has 0 N–H and O–H groups in total. The average Bonchev–Trinajstić information content (AvgIpc) is 2.18. The number of fused-ring (bicyclic) bond motifs is 1. The predicted octanol–water partition coefficient (Wildman–Crippen LogP) is 3.58. The lowest BCUT2D eigenvalue weighted by atomic mass is 9.96. The van der Waals surface area contributed by atoms with Gasteiger partial charge in [0.05, 0.1) is 12.7 Å². The fourth-order valence-electron chi connectivity index (χ4n) is 1.84. The van der Waals surface area contributed by atoms with Gasteiger partial charge >= 0.3 is 0 Å². The summed E-state index contributed by atoms with van der Waals surface area (Å²) in [5, 5.41) is 0.801. The molecule has 1 atom stereocenters. The van der Waals surface area contributed by atoms with Gasteiger partial charge in [-0.2, -0.15) is 0 Å². The van der Waals surface area contributed by atoms with Crippen molar-refractivity contribution in [3.63, 3.8) is 0 Å². The second kappa shape index (κ2) is 4.52. The summed E-state index contributed by atoms with van der Waals surface area (Å²) in [6, 6.07) is 5.99. The third kappa shape index (κ3) is 2.05. The lowest BCUT2D eigenvalue weighted by Crippen LogP contribution is -2.16. The number of benzene rings is 1. The third-order valence-corrected chi connectivity index (χ3v) is 2.97. The number of hydrogen-bond acceptors (Lipinski definition) is 1. The SMILES string of the molecule is ClCCC1OCCc2cc(Cl)ccc21. The highest BCUT2D eigenvalue weighted by Crippen LogP contribution is 2.31. The van der Waals surface area contributed by atoms with Crippen molar-refractivity contribution >= 4 is 23.2 Å². The molecule has 1 nitrogen and oxygen atoms in total. The van der Waals surface area contributed by atoms with Gasteiger partial charge in [-0.25, -0.2) is 0 Å². The van der Waals surface area contributed by atoms with Gasteiger partial charge in [-0.3, -0.25) is 0 Å². The largest absolute Gasteiger partial charge is 0.373 e. The minimum absolute atomic E-state index is 0.161. The van der Waals surface area contributed by atoms with Crippen molar-refractivity contribution < 1.29 is 4.74 Å². The van der Waals surface area contributed by atoms with Gasteiger partial charge in [-0.15, -0.1) is 11.6 Å². The van der Waals surface area contributed by atoms with Crippen LogP contribution < -0.4 is 0 Å². The Kier molecular flexibility index (Phi) is 3.32. The lowest BCUT2D eigenvalue weighted by molar-refractivity contribution is 0.0405. The van der Waals surface area contributed by atoms with Gasteiger partial charge in [0, 0.05) is 10.9 Å². The minimum Gasteiger partial charge on any atom is -0.373 e. The summed E-state index contributed by atoms with van der Waals surface area (Å²) < 4.78 is 5.66. The normalized spacial score (nSPS) is 20.6. The van der Waals surface area contributed by atoms with Crippen molar-refractivity contribution in [2.75, 3.05) is 12.5 Å². The maximum absolute atomic E-state index is 5.93. The number of alkyl halides is 1. The molecule has 0 saturated carbocycles. The molecule has 0 aliphatic carbocycles. The van der Waals surface area contributed by atoms with Crippen LogP contribution in [0.3, 0.4) is 0 Å². The summed E-state index contributed by atoms with van der Waals surface area (Å²) in [7, 11) is 0. The Balaban J connectivity index is 2.30. The van der Waals surface area contributed by atoms with Crippen LogP contribution in [0.2, 0.25) is 5.02 Å². The molecule has 2 rings (SSSR count). The van der Waals surface area contributed by atoms with Crippen LogP contribution in [-0.4, -0.2) is 12.5 Å². The molecular weight excluding hydrogens is 219 g/mol. The standard InChI is InChI=1S/C11H12Cl2O/c12-5-3-11-10-2-1-9(13)7-8(10)4-6-14-11/h1-2,7,11H,3-6H2. The number of ether oxygens (including phenoxy) is 1. The molecular formula is C11H12Cl2O. The van der Waals surface area contributed by atoms with Crippen LogP contribution in [0.1, 0.15) is 23.7 Å². The number of hydrogen-bond donors (Lipinski definition) is 0. The molecule has 0 amide bonds. The van der Waals surface area contributed by atoms with E-state index < -0.39 is 0 Å². The van der Waals surface area contributed by atoms with Crippen LogP contribution in [0.25, 0.3) is 0 Å². The van der Waals surface area contributed by atoms with Crippen molar-refractivity contribution in [3.05, 3.63) is 34.3 Å². The summed E-state index contributed by atoms with van der Waals surface area (Å²) in [6.45, 7) is 0.773. The maximum atomic E-state index is 5.93. The zero-order chi connectivity index (χ0) is 9.97. The monoisotopic (exact) mass is 230 g/mol. The Labute approximate surface area is 94.0 Å². The fourth-order valence-corrected chi connectivity index (χ4v) is 2.24. The Morgan fingerprint density at radius 1 is 1.43 bits per heavy atom. The first kappa shape index (κ1) is 10.3. The molecule has 1 aromatic carbocycles. The minimum atomic E-state index is 0.161. The molecule has 76 valence electrons. The van der Waals surface area contributed by atoms with E-state index in [2.05, 4.69) is 0 Å². The first-order valence-corrected chi connectivity index (χ1v) is 5.68. The Hall–Kier alpha value is -0.240. The van der Waals surface area contributed by atoms with E-state index in [0.717, 1.165) is 24.5 Å². The molecule has 1 aliphatic rings. The summed E-state index contributed by atoms with van der Waals surface area (Å²) in [5.41, 5.74) is 2.56. The Bertz CT molecular complexity index is 325. The van der Waals surface area contributed by atoms with Gasteiger partial charge in [0.1, 0.15) is 0 Å². The van der Waals surface area contributed by atoms with Crippen LogP contribution >= 0.6 is 23.2 Å².